The van der Waals surface area contributed by atoms with Gasteiger partial charge in [0.25, 0.3) is 0 Å². The second-order valence-electron chi connectivity index (χ2n) is 7.70. The quantitative estimate of drug-likeness (QED) is 0.538. The molecule has 1 aliphatic heterocycles. The number of hydrogen-bond donors (Lipinski definition) is 1. The second-order valence-corrected chi connectivity index (χ2v) is 11.7. The van der Waals surface area contributed by atoms with Gasteiger partial charge in [-0.25, -0.2) is 16.8 Å². The van der Waals surface area contributed by atoms with Gasteiger partial charge in [0.2, 0.25) is 26.0 Å². The van der Waals surface area contributed by atoms with E-state index in [4.69, 9.17) is 4.74 Å². The minimum absolute atomic E-state index is 0.0658. The first-order chi connectivity index (χ1) is 15.6. The van der Waals surface area contributed by atoms with E-state index in [9.17, 15) is 21.6 Å². The lowest BCUT2D eigenvalue weighted by Crippen LogP contribution is -2.38. The Labute approximate surface area is 195 Å². The van der Waals surface area contributed by atoms with Gasteiger partial charge in [0.05, 0.1) is 22.9 Å². The Bertz CT molecular complexity index is 1160. The molecule has 11 heteroatoms. The van der Waals surface area contributed by atoms with E-state index in [0.29, 0.717) is 31.0 Å². The van der Waals surface area contributed by atoms with Crippen molar-refractivity contribution >= 4 is 26.0 Å². The van der Waals surface area contributed by atoms with E-state index in [1.54, 1.807) is 24.3 Å². The lowest BCUT2D eigenvalue weighted by atomic mass is 10.2. The number of hydrogen-bond acceptors (Lipinski definition) is 6. The van der Waals surface area contributed by atoms with E-state index in [-0.39, 0.29) is 22.9 Å². The highest BCUT2D eigenvalue weighted by Gasteiger charge is 2.27. The van der Waals surface area contributed by atoms with Crippen LogP contribution in [0, 0.1) is 0 Å². The molecule has 1 aliphatic rings. The SMILES string of the molecule is CCOc1ccc(S(=O)(=O)N(C)CC(=O)NCc2ccc(S(=O)(=O)N3CCCC3)cc2)cc1. The number of benzene rings is 2. The molecule has 0 aliphatic carbocycles. The van der Waals surface area contributed by atoms with Gasteiger partial charge in [-0.3, -0.25) is 4.79 Å². The van der Waals surface area contributed by atoms with Crippen LogP contribution in [0.3, 0.4) is 0 Å². The minimum Gasteiger partial charge on any atom is -0.494 e. The molecule has 0 unspecified atom stereocenters. The molecule has 9 nitrogen and oxygen atoms in total. The predicted octanol–water partition coefficient (Wildman–Crippen LogP) is 1.81. The molecule has 0 aromatic heterocycles. The van der Waals surface area contributed by atoms with Gasteiger partial charge >= 0.3 is 0 Å². The maximum Gasteiger partial charge on any atom is 0.243 e. The molecule has 33 heavy (non-hydrogen) atoms. The Morgan fingerprint density at radius 3 is 2.12 bits per heavy atom. The Morgan fingerprint density at radius 1 is 0.970 bits per heavy atom. The topological polar surface area (TPSA) is 113 Å². The summed E-state index contributed by atoms with van der Waals surface area (Å²) in [5, 5.41) is 2.67. The number of amides is 1. The summed E-state index contributed by atoms with van der Waals surface area (Å²) < 4.78 is 58.3. The first kappa shape index (κ1) is 25.2. The molecule has 0 atom stereocenters. The largest absolute Gasteiger partial charge is 0.494 e. The Hall–Kier alpha value is -2.47. The van der Waals surface area contributed by atoms with Crippen LogP contribution in [0.25, 0.3) is 0 Å². The maximum absolute atomic E-state index is 12.7. The standard InChI is InChI=1S/C22H29N3O6S2/c1-3-31-19-8-12-20(13-9-19)32(27,28)24(2)17-22(26)23-16-18-6-10-21(11-7-18)33(29,30)25-14-4-5-15-25/h6-13H,3-5,14-17H2,1-2H3,(H,23,26). The normalized spacial score (nSPS) is 15.0. The molecule has 1 saturated heterocycles. The highest BCUT2D eigenvalue weighted by Crippen LogP contribution is 2.21. The molecule has 0 bridgehead atoms. The highest BCUT2D eigenvalue weighted by molar-refractivity contribution is 7.89. The van der Waals surface area contributed by atoms with Crippen LogP contribution in [-0.2, 0) is 31.4 Å². The van der Waals surface area contributed by atoms with Gasteiger partial charge in [-0.1, -0.05) is 12.1 Å². The van der Waals surface area contributed by atoms with Crippen LogP contribution < -0.4 is 10.1 Å². The molecule has 2 aromatic rings. The first-order valence-corrected chi connectivity index (χ1v) is 13.6. The molecule has 0 spiro atoms. The fourth-order valence-electron chi connectivity index (χ4n) is 3.46. The van der Waals surface area contributed by atoms with Crippen molar-refractivity contribution in [1.82, 2.24) is 13.9 Å². The molecule has 1 fully saturated rings. The fraction of sp³-hybridized carbons (Fsp3) is 0.409. The second kappa shape index (κ2) is 10.6. The summed E-state index contributed by atoms with van der Waals surface area (Å²) in [5.74, 6) is 0.0943. The molecule has 2 aromatic carbocycles. The number of carbonyl (C=O) groups excluding carboxylic acids is 1. The van der Waals surface area contributed by atoms with Crippen LogP contribution in [0.2, 0.25) is 0 Å². The van der Waals surface area contributed by atoms with E-state index < -0.39 is 26.0 Å². The van der Waals surface area contributed by atoms with Crippen molar-refractivity contribution in [2.75, 3.05) is 33.3 Å². The van der Waals surface area contributed by atoms with Crippen molar-refractivity contribution in [1.29, 1.82) is 0 Å². The van der Waals surface area contributed by atoms with E-state index in [0.717, 1.165) is 17.1 Å². The van der Waals surface area contributed by atoms with E-state index in [1.807, 2.05) is 6.92 Å². The number of ether oxygens (including phenoxy) is 1. The third-order valence-corrected chi connectivity index (χ3v) is 9.06. The molecule has 0 radical (unpaired) electrons. The van der Waals surface area contributed by atoms with Gasteiger partial charge in [-0.15, -0.1) is 0 Å². The number of nitrogens with zero attached hydrogens (tertiary/aromatic N) is 2. The molecule has 1 heterocycles. The molecule has 0 saturated carbocycles. The lowest BCUT2D eigenvalue weighted by molar-refractivity contribution is -0.121. The summed E-state index contributed by atoms with van der Waals surface area (Å²) in [7, 11) is -5.98. The summed E-state index contributed by atoms with van der Waals surface area (Å²) in [6, 6.07) is 12.3. The maximum atomic E-state index is 12.7. The average molecular weight is 496 g/mol. The fourth-order valence-corrected chi connectivity index (χ4v) is 6.10. The highest BCUT2D eigenvalue weighted by atomic mass is 32.2. The zero-order chi connectivity index (χ0) is 24.1. The summed E-state index contributed by atoms with van der Waals surface area (Å²) in [6.07, 6.45) is 1.73. The average Bonchev–Trinajstić information content (AvgIpc) is 3.34. The first-order valence-electron chi connectivity index (χ1n) is 10.7. The zero-order valence-electron chi connectivity index (χ0n) is 18.7. The van der Waals surface area contributed by atoms with Crippen molar-refractivity contribution in [3.8, 4) is 5.75 Å². The lowest BCUT2D eigenvalue weighted by Gasteiger charge is -2.17. The van der Waals surface area contributed by atoms with Gasteiger partial charge in [-0.2, -0.15) is 8.61 Å². The predicted molar refractivity (Wildman–Crippen MR) is 124 cm³/mol. The Morgan fingerprint density at radius 2 is 1.55 bits per heavy atom. The van der Waals surface area contributed by atoms with Crippen LogP contribution in [0.1, 0.15) is 25.3 Å². The monoisotopic (exact) mass is 495 g/mol. The molecule has 1 amide bonds. The number of rotatable bonds is 10. The van der Waals surface area contributed by atoms with Crippen LogP contribution in [0.15, 0.2) is 58.3 Å². The van der Waals surface area contributed by atoms with E-state index >= 15 is 0 Å². The molecule has 180 valence electrons. The number of sulfonamides is 2. The summed E-state index contributed by atoms with van der Waals surface area (Å²) in [5.41, 5.74) is 0.709. The van der Waals surface area contributed by atoms with Crippen molar-refractivity contribution in [3.05, 3.63) is 54.1 Å². The van der Waals surface area contributed by atoms with Crippen molar-refractivity contribution in [2.45, 2.75) is 36.1 Å². The summed E-state index contributed by atoms with van der Waals surface area (Å²) in [6.45, 7) is 3.18. The number of nitrogens with one attached hydrogen (secondary N) is 1. The van der Waals surface area contributed by atoms with E-state index in [1.165, 1.54) is 35.6 Å². The van der Waals surface area contributed by atoms with E-state index in [2.05, 4.69) is 5.32 Å². The van der Waals surface area contributed by atoms with Gasteiger partial charge in [0.1, 0.15) is 5.75 Å². The zero-order valence-corrected chi connectivity index (χ0v) is 20.4. The molecular formula is C22H29N3O6S2. The molecule has 1 N–H and O–H groups in total. The number of carbonyl (C=O) groups is 1. The Balaban J connectivity index is 1.55. The van der Waals surface area contributed by atoms with Gasteiger partial charge in [-0.05, 0) is 61.7 Å². The smallest absolute Gasteiger partial charge is 0.243 e. The van der Waals surface area contributed by atoms with Crippen LogP contribution in [-0.4, -0.2) is 64.6 Å². The van der Waals surface area contributed by atoms with Crippen molar-refractivity contribution < 1.29 is 26.4 Å². The van der Waals surface area contributed by atoms with Gasteiger partial charge < -0.3 is 10.1 Å². The summed E-state index contributed by atoms with van der Waals surface area (Å²) >= 11 is 0. The Kier molecular flexibility index (Phi) is 8.11. The van der Waals surface area contributed by atoms with Gasteiger partial charge in [0.15, 0.2) is 0 Å². The van der Waals surface area contributed by atoms with Gasteiger partial charge in [0, 0.05) is 26.7 Å². The third kappa shape index (κ3) is 6.11. The molecular weight excluding hydrogens is 466 g/mol. The molecule has 3 rings (SSSR count). The van der Waals surface area contributed by atoms with Crippen molar-refractivity contribution in [2.24, 2.45) is 0 Å². The van der Waals surface area contributed by atoms with Crippen LogP contribution in [0.5, 0.6) is 5.75 Å². The van der Waals surface area contributed by atoms with Crippen LogP contribution in [0.4, 0.5) is 0 Å². The van der Waals surface area contributed by atoms with Crippen LogP contribution >= 0.6 is 0 Å². The third-order valence-electron chi connectivity index (χ3n) is 5.33. The number of likely N-dealkylation sites (N-methyl/N-ethyl adjacent to an activating group) is 1. The summed E-state index contributed by atoms with van der Waals surface area (Å²) in [4.78, 5) is 12.6. The minimum atomic E-state index is -3.83. The van der Waals surface area contributed by atoms with Crippen molar-refractivity contribution in [3.63, 3.8) is 0 Å².